The third-order valence-corrected chi connectivity index (χ3v) is 3.60. The zero-order valence-corrected chi connectivity index (χ0v) is 11.4. The van der Waals surface area contributed by atoms with Gasteiger partial charge in [-0.1, -0.05) is 18.2 Å². The van der Waals surface area contributed by atoms with Crippen LogP contribution >= 0.6 is 0 Å². The van der Waals surface area contributed by atoms with Crippen LogP contribution in [0.5, 0.6) is 5.75 Å². The minimum Gasteiger partial charge on any atom is -0.612 e. The second kappa shape index (κ2) is 5.40. The Bertz CT molecular complexity index is 736. The van der Waals surface area contributed by atoms with Crippen molar-refractivity contribution in [1.29, 1.82) is 0 Å². The van der Waals surface area contributed by atoms with Crippen molar-refractivity contribution in [1.82, 2.24) is 0 Å². The molecule has 6 nitrogen and oxygen atoms in total. The lowest BCUT2D eigenvalue weighted by Crippen LogP contribution is -2.29. The zero-order valence-electron chi connectivity index (χ0n) is 11.4. The fraction of sp³-hybridized carbons (Fsp3) is 0.125. The second-order valence-electron chi connectivity index (χ2n) is 4.97. The Morgan fingerprint density at radius 2 is 1.86 bits per heavy atom. The average Bonchev–Trinajstić information content (AvgIpc) is 2.53. The van der Waals surface area contributed by atoms with Crippen LogP contribution in [0.25, 0.3) is 0 Å². The Balaban J connectivity index is 1.91. The van der Waals surface area contributed by atoms with Gasteiger partial charge in [0.05, 0.1) is 0 Å². The molecular weight excluding hydrogens is 286 g/mol. The summed E-state index contributed by atoms with van der Waals surface area (Å²) < 4.78 is 5.22. The molecule has 0 saturated heterocycles. The van der Waals surface area contributed by atoms with E-state index in [0.717, 1.165) is 5.56 Å². The number of allylic oxidation sites excluding steroid dienone is 5. The topological polar surface area (TPSA) is 95.7 Å². The molecule has 1 N–H and O–H groups in total. The van der Waals surface area contributed by atoms with Crippen molar-refractivity contribution in [2.75, 3.05) is 0 Å². The molecule has 6 heteroatoms. The number of benzene rings is 1. The molecule has 0 radical (unpaired) electrons. The quantitative estimate of drug-likeness (QED) is 0.282. The van der Waals surface area contributed by atoms with Crippen molar-refractivity contribution in [3.63, 3.8) is 0 Å². The van der Waals surface area contributed by atoms with E-state index in [-0.39, 0.29) is 11.5 Å². The SMILES string of the molecule is O=C1Oc2ccccc2CC1C(O)=C1C=CC(=[N+]([O-])[O-])C=C1. The number of ether oxygens (including phenoxy) is 1. The van der Waals surface area contributed by atoms with Crippen LogP contribution in [0, 0.1) is 16.3 Å². The number of hydrogen-bond donors (Lipinski definition) is 1. The number of rotatable bonds is 1. The molecule has 0 spiro atoms. The molecule has 0 saturated carbocycles. The van der Waals surface area contributed by atoms with Gasteiger partial charge in [-0.3, -0.25) is 4.79 Å². The first-order valence-electron chi connectivity index (χ1n) is 6.66. The molecule has 0 aromatic heterocycles. The Labute approximate surface area is 126 Å². The molecule has 1 aromatic rings. The molecule has 1 heterocycles. The lowest BCUT2D eigenvalue weighted by Gasteiger charge is -2.23. The van der Waals surface area contributed by atoms with Gasteiger partial charge in [0.2, 0.25) is 5.71 Å². The molecule has 1 atom stereocenters. The minimum absolute atomic E-state index is 0.0758. The van der Waals surface area contributed by atoms with Crippen molar-refractivity contribution in [3.8, 4) is 5.75 Å². The van der Waals surface area contributed by atoms with E-state index in [1.165, 1.54) is 24.3 Å². The van der Waals surface area contributed by atoms with Gasteiger partial charge in [-0.25, -0.2) is 0 Å². The normalized spacial score (nSPS) is 19.6. The van der Waals surface area contributed by atoms with Crippen molar-refractivity contribution >= 4 is 11.7 Å². The summed E-state index contributed by atoms with van der Waals surface area (Å²) in [6, 6.07) is 7.13. The van der Waals surface area contributed by atoms with E-state index in [1.54, 1.807) is 12.1 Å². The van der Waals surface area contributed by atoms with Gasteiger partial charge in [0.1, 0.15) is 17.4 Å². The number of carbonyl (C=O) groups is 1. The number of aliphatic hydroxyl groups excluding tert-OH is 1. The van der Waals surface area contributed by atoms with Gasteiger partial charge >= 0.3 is 5.97 Å². The van der Waals surface area contributed by atoms with Crippen LogP contribution in [0.4, 0.5) is 0 Å². The maximum atomic E-state index is 12.0. The van der Waals surface area contributed by atoms with Crippen LogP contribution in [0.2, 0.25) is 0 Å². The summed E-state index contributed by atoms with van der Waals surface area (Å²) in [7, 11) is 0. The van der Waals surface area contributed by atoms with E-state index >= 15 is 0 Å². The smallest absolute Gasteiger partial charge is 0.322 e. The molecule has 22 heavy (non-hydrogen) atoms. The summed E-state index contributed by atoms with van der Waals surface area (Å²) in [5, 5.41) is 31.6. The summed E-state index contributed by atoms with van der Waals surface area (Å²) in [6.45, 7) is 0. The number of aliphatic hydroxyl groups is 1. The summed E-state index contributed by atoms with van der Waals surface area (Å²) in [5.74, 6) is -0.986. The predicted octanol–water partition coefficient (Wildman–Crippen LogP) is 2.15. The first-order chi connectivity index (χ1) is 10.6. The van der Waals surface area contributed by atoms with Crippen molar-refractivity contribution in [2.24, 2.45) is 5.92 Å². The second-order valence-corrected chi connectivity index (χ2v) is 4.97. The minimum atomic E-state index is -0.809. The first kappa shape index (κ1) is 13.9. The molecular formula is C16H12NO5-. The van der Waals surface area contributed by atoms with E-state index in [1.807, 2.05) is 12.1 Å². The van der Waals surface area contributed by atoms with Gasteiger partial charge in [-0.05, 0) is 30.2 Å². The van der Waals surface area contributed by atoms with E-state index in [9.17, 15) is 20.3 Å². The first-order valence-corrected chi connectivity index (χ1v) is 6.66. The molecule has 2 aliphatic rings. The van der Waals surface area contributed by atoms with Gasteiger partial charge < -0.3 is 20.3 Å². The number of carbonyl (C=O) groups excluding carboxylic acids is 1. The number of esters is 1. The van der Waals surface area contributed by atoms with Gasteiger partial charge in [0.25, 0.3) is 0 Å². The highest BCUT2D eigenvalue weighted by Crippen LogP contribution is 2.32. The number of fused-ring (bicyclic) bond motifs is 1. The Hall–Kier alpha value is -3.02. The molecule has 1 aliphatic carbocycles. The maximum Gasteiger partial charge on any atom is 0.322 e. The summed E-state index contributed by atoms with van der Waals surface area (Å²) in [4.78, 5) is 11.5. The Morgan fingerprint density at radius 3 is 2.55 bits per heavy atom. The lowest BCUT2D eigenvalue weighted by atomic mass is 9.91. The van der Waals surface area contributed by atoms with Crippen LogP contribution < -0.4 is 4.74 Å². The number of hydrogen-bond acceptors (Lipinski definition) is 5. The zero-order chi connectivity index (χ0) is 15.7. The van der Waals surface area contributed by atoms with E-state index in [0.29, 0.717) is 17.7 Å². The molecule has 3 rings (SSSR count). The van der Waals surface area contributed by atoms with Gasteiger partial charge in [-0.15, -0.1) is 0 Å². The molecule has 0 fully saturated rings. The molecule has 0 amide bonds. The van der Waals surface area contributed by atoms with E-state index < -0.39 is 16.8 Å². The Kier molecular flexibility index (Phi) is 3.42. The molecule has 1 unspecified atom stereocenters. The number of nitrogens with zero attached hydrogens (tertiary/aromatic N) is 1. The fourth-order valence-electron chi connectivity index (χ4n) is 2.42. The standard InChI is InChI=1S/C16H12NO5/c18-15(10-5-7-12(8-6-10)17(20)21)13-9-11-3-1-2-4-14(11)22-16(13)19/h1-8,13H,9H2,(H-,18,20,21)/q-1. The van der Waals surface area contributed by atoms with Crippen LogP contribution in [0.1, 0.15) is 5.56 Å². The highest BCUT2D eigenvalue weighted by molar-refractivity contribution is 6.02. The fourth-order valence-corrected chi connectivity index (χ4v) is 2.42. The third kappa shape index (κ3) is 2.46. The van der Waals surface area contributed by atoms with Crippen LogP contribution in [-0.2, 0) is 11.2 Å². The van der Waals surface area contributed by atoms with Gasteiger partial charge in [0.15, 0.2) is 0 Å². The summed E-state index contributed by atoms with van der Waals surface area (Å²) in [5.41, 5.74) is 1.13. The Morgan fingerprint density at radius 1 is 1.18 bits per heavy atom. The van der Waals surface area contributed by atoms with Crippen LogP contribution in [0.3, 0.4) is 0 Å². The predicted molar refractivity (Wildman–Crippen MR) is 79.2 cm³/mol. The van der Waals surface area contributed by atoms with E-state index in [4.69, 9.17) is 4.74 Å². The van der Waals surface area contributed by atoms with Crippen LogP contribution in [-0.4, -0.2) is 21.7 Å². The van der Waals surface area contributed by atoms with Crippen molar-refractivity contribution in [2.45, 2.75) is 6.42 Å². The highest BCUT2D eigenvalue weighted by atomic mass is 16.8. The number of para-hydroxylation sites is 1. The summed E-state index contributed by atoms with van der Waals surface area (Å²) >= 11 is 0. The average molecular weight is 298 g/mol. The van der Waals surface area contributed by atoms with Crippen molar-refractivity contribution in [3.05, 3.63) is 75.9 Å². The van der Waals surface area contributed by atoms with Gasteiger partial charge in [-0.2, -0.15) is 4.90 Å². The van der Waals surface area contributed by atoms with Gasteiger partial charge in [0, 0.05) is 17.7 Å². The largest absolute Gasteiger partial charge is 0.612 e. The molecule has 1 aromatic carbocycles. The van der Waals surface area contributed by atoms with Crippen molar-refractivity contribution < 1.29 is 19.5 Å². The molecule has 0 bridgehead atoms. The highest BCUT2D eigenvalue weighted by Gasteiger charge is 2.32. The van der Waals surface area contributed by atoms with Crippen LogP contribution in [0.15, 0.2) is 59.9 Å². The summed E-state index contributed by atoms with van der Waals surface area (Å²) in [6.07, 6.45) is 5.74. The third-order valence-electron chi connectivity index (χ3n) is 3.60. The molecule has 1 aliphatic heterocycles. The lowest BCUT2D eigenvalue weighted by molar-refractivity contribution is -0.377. The maximum absolute atomic E-state index is 12.0. The molecule has 112 valence electrons. The monoisotopic (exact) mass is 298 g/mol. The van der Waals surface area contributed by atoms with E-state index in [2.05, 4.69) is 0 Å².